The molecular weight excluding hydrogens is 202 g/mol. The van der Waals surface area contributed by atoms with Gasteiger partial charge in [0.2, 0.25) is 5.91 Å². The summed E-state index contributed by atoms with van der Waals surface area (Å²) in [5.74, 6) is 0.242. The van der Waals surface area contributed by atoms with Crippen LogP contribution in [-0.4, -0.2) is 35.5 Å². The molecule has 1 rings (SSSR count). The first kappa shape index (κ1) is 13.5. The van der Waals surface area contributed by atoms with Gasteiger partial charge in [0.15, 0.2) is 0 Å². The third kappa shape index (κ3) is 4.10. The minimum absolute atomic E-state index is 0.409. The molecule has 1 fully saturated rings. The lowest BCUT2D eigenvalue weighted by molar-refractivity contribution is -0.122. The molecule has 1 aliphatic carbocycles. The fourth-order valence-corrected chi connectivity index (χ4v) is 1.83. The number of nitrogens with two attached hydrogens (primary N) is 2. The highest BCUT2D eigenvalue weighted by atomic mass is 16.1. The van der Waals surface area contributed by atoms with Crippen LogP contribution >= 0.6 is 0 Å². The van der Waals surface area contributed by atoms with E-state index in [0.717, 1.165) is 13.1 Å². The Balaban J connectivity index is 2.40. The van der Waals surface area contributed by atoms with Gasteiger partial charge in [-0.3, -0.25) is 4.79 Å². The van der Waals surface area contributed by atoms with Gasteiger partial charge in [0.05, 0.1) is 5.54 Å². The van der Waals surface area contributed by atoms with Gasteiger partial charge in [0.1, 0.15) is 0 Å². The van der Waals surface area contributed by atoms with Crippen LogP contribution in [0.4, 0.5) is 0 Å². The lowest BCUT2D eigenvalue weighted by Gasteiger charge is -2.28. The maximum atomic E-state index is 11.1. The van der Waals surface area contributed by atoms with Gasteiger partial charge >= 0.3 is 0 Å². The second-order valence-electron chi connectivity index (χ2n) is 5.65. The Labute approximate surface area is 98.3 Å². The molecule has 1 unspecified atom stereocenters. The number of carbonyl (C=O) groups excluding carboxylic acids is 1. The molecule has 0 aromatic rings. The Morgan fingerprint density at radius 2 is 2.06 bits per heavy atom. The molecule has 4 nitrogen and oxygen atoms in total. The molecule has 0 aromatic heterocycles. The van der Waals surface area contributed by atoms with Crippen molar-refractivity contribution in [2.24, 2.45) is 17.4 Å². The fourth-order valence-electron chi connectivity index (χ4n) is 1.83. The van der Waals surface area contributed by atoms with Gasteiger partial charge in [-0.1, -0.05) is 13.8 Å². The van der Waals surface area contributed by atoms with Gasteiger partial charge in [0, 0.05) is 19.1 Å². The number of carbonyl (C=O) groups is 1. The van der Waals surface area contributed by atoms with Crippen LogP contribution < -0.4 is 11.5 Å². The van der Waals surface area contributed by atoms with Crippen molar-refractivity contribution in [2.45, 2.75) is 51.6 Å². The van der Waals surface area contributed by atoms with Crippen LogP contribution in [0.3, 0.4) is 0 Å². The van der Waals surface area contributed by atoms with Crippen molar-refractivity contribution in [3.8, 4) is 0 Å². The summed E-state index contributed by atoms with van der Waals surface area (Å²) >= 11 is 0. The average Bonchev–Trinajstić information content (AvgIpc) is 2.94. The number of rotatable bonds is 7. The smallest absolute Gasteiger partial charge is 0.237 e. The Kier molecular flexibility index (Phi) is 4.33. The van der Waals surface area contributed by atoms with Crippen LogP contribution in [0.5, 0.6) is 0 Å². The average molecular weight is 227 g/mol. The monoisotopic (exact) mass is 227 g/mol. The molecule has 0 bridgehead atoms. The van der Waals surface area contributed by atoms with E-state index in [9.17, 15) is 4.79 Å². The first-order valence-corrected chi connectivity index (χ1v) is 6.16. The molecule has 1 amide bonds. The van der Waals surface area contributed by atoms with E-state index in [2.05, 4.69) is 18.7 Å². The lowest BCUT2D eigenvalue weighted by atomic mass is 9.98. The molecule has 0 radical (unpaired) electrons. The lowest BCUT2D eigenvalue weighted by Crippen LogP contribution is -2.51. The van der Waals surface area contributed by atoms with Crippen molar-refractivity contribution in [3.05, 3.63) is 0 Å². The minimum atomic E-state index is -0.871. The first-order chi connectivity index (χ1) is 7.33. The van der Waals surface area contributed by atoms with Crippen molar-refractivity contribution < 1.29 is 4.79 Å². The van der Waals surface area contributed by atoms with Crippen molar-refractivity contribution in [3.63, 3.8) is 0 Å². The highest BCUT2D eigenvalue weighted by Gasteiger charge is 2.32. The summed E-state index contributed by atoms with van der Waals surface area (Å²) in [6.07, 6.45) is 3.21. The summed E-state index contributed by atoms with van der Waals surface area (Å²) in [6, 6.07) is 0.714. The molecule has 0 aliphatic heterocycles. The summed E-state index contributed by atoms with van der Waals surface area (Å²) in [4.78, 5) is 13.6. The third-order valence-corrected chi connectivity index (χ3v) is 3.14. The zero-order chi connectivity index (χ0) is 12.3. The molecule has 1 saturated carbocycles. The maximum absolute atomic E-state index is 11.1. The summed E-state index contributed by atoms with van der Waals surface area (Å²) in [6.45, 7) is 8.10. The van der Waals surface area contributed by atoms with Crippen LogP contribution in [0, 0.1) is 5.92 Å². The molecular formula is C12H25N3O. The normalized spacial score (nSPS) is 20.1. The molecule has 4 heteroatoms. The zero-order valence-electron chi connectivity index (χ0n) is 10.7. The summed E-state index contributed by atoms with van der Waals surface area (Å²) < 4.78 is 0. The quantitative estimate of drug-likeness (QED) is 0.672. The van der Waals surface area contributed by atoms with Gasteiger partial charge in [-0.25, -0.2) is 0 Å². The molecule has 0 aromatic carbocycles. The molecule has 1 aliphatic rings. The van der Waals surface area contributed by atoms with E-state index in [0.29, 0.717) is 18.4 Å². The van der Waals surface area contributed by atoms with Gasteiger partial charge in [-0.15, -0.1) is 0 Å². The standard InChI is InChI=1S/C12H25N3O/c1-9(2)8-15(10-4-5-10)7-6-12(3,14)11(13)16/h9-10H,4-8,14H2,1-3H3,(H2,13,16). The Morgan fingerprint density at radius 1 is 1.50 bits per heavy atom. The Hall–Kier alpha value is -0.610. The molecule has 94 valence electrons. The zero-order valence-corrected chi connectivity index (χ0v) is 10.7. The number of primary amides is 1. The van der Waals surface area contributed by atoms with Gasteiger partial charge in [0.25, 0.3) is 0 Å². The summed E-state index contributed by atoms with van der Waals surface area (Å²) in [5.41, 5.74) is 10.3. The summed E-state index contributed by atoms with van der Waals surface area (Å²) in [5, 5.41) is 0. The van der Waals surface area contributed by atoms with E-state index in [1.807, 2.05) is 0 Å². The second kappa shape index (κ2) is 5.15. The van der Waals surface area contributed by atoms with Crippen LogP contribution in [0.15, 0.2) is 0 Å². The SMILES string of the molecule is CC(C)CN(CCC(C)(N)C(N)=O)C1CC1. The number of amides is 1. The first-order valence-electron chi connectivity index (χ1n) is 6.16. The molecule has 16 heavy (non-hydrogen) atoms. The molecule has 4 N–H and O–H groups in total. The van der Waals surface area contributed by atoms with E-state index in [1.165, 1.54) is 12.8 Å². The molecule has 0 heterocycles. The van der Waals surface area contributed by atoms with Crippen molar-refractivity contribution >= 4 is 5.91 Å². The maximum Gasteiger partial charge on any atom is 0.237 e. The van der Waals surface area contributed by atoms with E-state index < -0.39 is 11.4 Å². The van der Waals surface area contributed by atoms with Gasteiger partial charge in [-0.2, -0.15) is 0 Å². The topological polar surface area (TPSA) is 72.3 Å². The largest absolute Gasteiger partial charge is 0.368 e. The van der Waals surface area contributed by atoms with Crippen LogP contribution in [0.1, 0.15) is 40.0 Å². The predicted molar refractivity (Wildman–Crippen MR) is 65.8 cm³/mol. The Morgan fingerprint density at radius 3 is 2.44 bits per heavy atom. The molecule has 0 spiro atoms. The van der Waals surface area contributed by atoms with Crippen LogP contribution in [-0.2, 0) is 4.79 Å². The van der Waals surface area contributed by atoms with Crippen molar-refractivity contribution in [2.75, 3.05) is 13.1 Å². The number of hydrogen-bond donors (Lipinski definition) is 2. The van der Waals surface area contributed by atoms with E-state index >= 15 is 0 Å². The summed E-state index contributed by atoms with van der Waals surface area (Å²) in [7, 11) is 0. The van der Waals surface area contributed by atoms with E-state index in [-0.39, 0.29) is 0 Å². The van der Waals surface area contributed by atoms with Gasteiger partial charge < -0.3 is 16.4 Å². The van der Waals surface area contributed by atoms with Gasteiger partial charge in [-0.05, 0) is 32.1 Å². The number of nitrogens with zero attached hydrogens (tertiary/aromatic N) is 1. The highest BCUT2D eigenvalue weighted by molar-refractivity contribution is 5.83. The van der Waals surface area contributed by atoms with Crippen LogP contribution in [0.2, 0.25) is 0 Å². The third-order valence-electron chi connectivity index (χ3n) is 3.14. The fraction of sp³-hybridized carbons (Fsp3) is 0.917. The van der Waals surface area contributed by atoms with Crippen molar-refractivity contribution in [1.82, 2.24) is 4.90 Å². The van der Waals surface area contributed by atoms with E-state index in [1.54, 1.807) is 6.92 Å². The van der Waals surface area contributed by atoms with Crippen molar-refractivity contribution in [1.29, 1.82) is 0 Å². The molecule has 1 atom stereocenters. The van der Waals surface area contributed by atoms with E-state index in [4.69, 9.17) is 11.5 Å². The minimum Gasteiger partial charge on any atom is -0.368 e. The van der Waals surface area contributed by atoms with Crippen LogP contribution in [0.25, 0.3) is 0 Å². The molecule has 0 saturated heterocycles. The Bertz CT molecular complexity index is 247. The predicted octanol–water partition coefficient (Wildman–Crippen LogP) is 0.700. The highest BCUT2D eigenvalue weighted by Crippen LogP contribution is 2.28. The second-order valence-corrected chi connectivity index (χ2v) is 5.65. The number of hydrogen-bond acceptors (Lipinski definition) is 3.